The van der Waals surface area contributed by atoms with Gasteiger partial charge in [0.2, 0.25) is 0 Å². The van der Waals surface area contributed by atoms with Crippen molar-refractivity contribution in [2.24, 2.45) is 0 Å². The minimum Gasteiger partial charge on any atom is -0.396 e. The molecule has 2 unspecified atom stereocenters. The third-order valence-electron chi connectivity index (χ3n) is 3.04. The van der Waals surface area contributed by atoms with Gasteiger partial charge in [-0.3, -0.25) is 4.90 Å². The molecule has 2 atom stereocenters. The molecule has 2 aliphatic heterocycles. The summed E-state index contributed by atoms with van der Waals surface area (Å²) in [4.78, 5) is 2.54. The molecule has 76 valence electrons. The molecule has 2 saturated heterocycles. The smallest absolute Gasteiger partial charge is 0.0936 e. The van der Waals surface area contributed by atoms with Crippen LogP contribution >= 0.6 is 0 Å². The van der Waals surface area contributed by atoms with Gasteiger partial charge in [-0.25, -0.2) is 0 Å². The molecule has 2 fully saturated rings. The second kappa shape index (κ2) is 4.40. The molecule has 13 heavy (non-hydrogen) atoms. The lowest BCUT2D eigenvalue weighted by Gasteiger charge is -2.23. The summed E-state index contributed by atoms with van der Waals surface area (Å²) in [6.07, 6.45) is 5.26. The lowest BCUT2D eigenvalue weighted by molar-refractivity contribution is 0.200. The monoisotopic (exact) mass is 185 g/mol. The number of epoxide rings is 1. The average Bonchev–Trinajstić information content (AvgIpc) is 2.82. The highest BCUT2D eigenvalue weighted by atomic mass is 16.6. The van der Waals surface area contributed by atoms with Crippen LogP contribution in [0.1, 0.15) is 25.7 Å². The molecule has 2 heterocycles. The predicted molar refractivity (Wildman–Crippen MR) is 50.7 cm³/mol. The Morgan fingerprint density at radius 3 is 3.00 bits per heavy atom. The van der Waals surface area contributed by atoms with Crippen molar-refractivity contribution in [1.82, 2.24) is 4.90 Å². The van der Waals surface area contributed by atoms with Gasteiger partial charge in [0.25, 0.3) is 0 Å². The van der Waals surface area contributed by atoms with E-state index in [1.165, 1.54) is 19.4 Å². The number of nitrogens with zero attached hydrogens (tertiary/aromatic N) is 1. The van der Waals surface area contributed by atoms with Gasteiger partial charge in [-0.05, 0) is 32.2 Å². The van der Waals surface area contributed by atoms with E-state index < -0.39 is 0 Å². The normalized spacial score (nSPS) is 33.9. The van der Waals surface area contributed by atoms with Crippen LogP contribution in [-0.4, -0.2) is 48.5 Å². The minimum absolute atomic E-state index is 0.338. The Morgan fingerprint density at radius 2 is 2.31 bits per heavy atom. The summed E-state index contributed by atoms with van der Waals surface area (Å²) in [5.41, 5.74) is 0. The summed E-state index contributed by atoms with van der Waals surface area (Å²) in [5, 5.41) is 8.76. The van der Waals surface area contributed by atoms with Gasteiger partial charge in [-0.15, -0.1) is 0 Å². The van der Waals surface area contributed by atoms with E-state index in [2.05, 4.69) is 4.90 Å². The first kappa shape index (κ1) is 9.44. The van der Waals surface area contributed by atoms with Crippen molar-refractivity contribution >= 4 is 0 Å². The van der Waals surface area contributed by atoms with E-state index in [9.17, 15) is 0 Å². The summed E-state index contributed by atoms with van der Waals surface area (Å²) in [7, 11) is 0. The maximum atomic E-state index is 8.76. The van der Waals surface area contributed by atoms with E-state index in [-0.39, 0.29) is 0 Å². The molecule has 0 bridgehead atoms. The van der Waals surface area contributed by atoms with Crippen LogP contribution in [-0.2, 0) is 4.74 Å². The topological polar surface area (TPSA) is 36.0 Å². The maximum Gasteiger partial charge on any atom is 0.0936 e. The fourth-order valence-electron chi connectivity index (χ4n) is 2.22. The molecular formula is C10H19NO2. The summed E-state index contributed by atoms with van der Waals surface area (Å²) in [5.74, 6) is 0. The van der Waals surface area contributed by atoms with Crippen molar-refractivity contribution in [3.05, 3.63) is 0 Å². The number of aliphatic hydroxyl groups is 1. The van der Waals surface area contributed by atoms with Crippen LogP contribution in [0.4, 0.5) is 0 Å². The Balaban J connectivity index is 1.72. The van der Waals surface area contributed by atoms with Crippen LogP contribution in [0.5, 0.6) is 0 Å². The first-order chi connectivity index (χ1) is 6.40. The predicted octanol–water partition coefficient (Wildman–Crippen LogP) is 0.622. The second-order valence-corrected chi connectivity index (χ2v) is 4.11. The Morgan fingerprint density at radius 1 is 1.46 bits per heavy atom. The summed E-state index contributed by atoms with van der Waals surface area (Å²) >= 11 is 0. The molecule has 0 aromatic rings. The van der Waals surface area contributed by atoms with Gasteiger partial charge in [0, 0.05) is 19.2 Å². The number of ether oxygens (including phenoxy) is 1. The standard InChI is InChI=1S/C10H19NO2/c12-6-2-4-9-3-1-5-11(9)7-10-8-13-10/h9-10,12H,1-8H2. The average molecular weight is 185 g/mol. The van der Waals surface area contributed by atoms with Gasteiger partial charge in [0.1, 0.15) is 0 Å². The first-order valence-corrected chi connectivity index (χ1v) is 5.36. The molecule has 0 spiro atoms. The third kappa shape index (κ3) is 2.66. The Kier molecular flexibility index (Phi) is 3.19. The number of rotatable bonds is 5. The van der Waals surface area contributed by atoms with Crippen LogP contribution in [0, 0.1) is 0 Å². The van der Waals surface area contributed by atoms with E-state index in [0.29, 0.717) is 12.7 Å². The van der Waals surface area contributed by atoms with Gasteiger partial charge in [0.05, 0.1) is 12.7 Å². The molecule has 3 heteroatoms. The Labute approximate surface area is 79.7 Å². The zero-order chi connectivity index (χ0) is 9.10. The van der Waals surface area contributed by atoms with Crippen molar-refractivity contribution in [2.75, 3.05) is 26.3 Å². The lowest BCUT2D eigenvalue weighted by atomic mass is 10.1. The van der Waals surface area contributed by atoms with Crippen LogP contribution in [0.2, 0.25) is 0 Å². The van der Waals surface area contributed by atoms with Crippen molar-refractivity contribution in [1.29, 1.82) is 0 Å². The molecular weight excluding hydrogens is 166 g/mol. The number of likely N-dealkylation sites (tertiary alicyclic amines) is 1. The zero-order valence-electron chi connectivity index (χ0n) is 8.11. The van der Waals surface area contributed by atoms with Crippen molar-refractivity contribution < 1.29 is 9.84 Å². The van der Waals surface area contributed by atoms with Crippen molar-refractivity contribution in [2.45, 2.75) is 37.8 Å². The van der Waals surface area contributed by atoms with Gasteiger partial charge >= 0.3 is 0 Å². The second-order valence-electron chi connectivity index (χ2n) is 4.11. The molecule has 0 aliphatic carbocycles. The van der Waals surface area contributed by atoms with Crippen LogP contribution in [0.25, 0.3) is 0 Å². The first-order valence-electron chi connectivity index (χ1n) is 5.36. The van der Waals surface area contributed by atoms with E-state index in [4.69, 9.17) is 9.84 Å². The van der Waals surface area contributed by atoms with Crippen LogP contribution in [0.3, 0.4) is 0 Å². The molecule has 0 saturated carbocycles. The molecule has 0 aromatic carbocycles. The number of hydrogen-bond donors (Lipinski definition) is 1. The largest absolute Gasteiger partial charge is 0.396 e. The van der Waals surface area contributed by atoms with Crippen LogP contribution < -0.4 is 0 Å². The molecule has 2 aliphatic rings. The highest BCUT2D eigenvalue weighted by Gasteiger charge is 2.31. The molecule has 3 nitrogen and oxygen atoms in total. The van der Waals surface area contributed by atoms with E-state index in [1.54, 1.807) is 0 Å². The maximum absolute atomic E-state index is 8.76. The fraction of sp³-hybridized carbons (Fsp3) is 1.00. The Bertz CT molecular complexity index is 159. The quantitative estimate of drug-likeness (QED) is 0.638. The molecule has 0 amide bonds. The van der Waals surface area contributed by atoms with Gasteiger partial charge in [-0.2, -0.15) is 0 Å². The van der Waals surface area contributed by atoms with Gasteiger partial charge in [0.15, 0.2) is 0 Å². The number of aliphatic hydroxyl groups excluding tert-OH is 1. The lowest BCUT2D eigenvalue weighted by Crippen LogP contribution is -2.32. The summed E-state index contributed by atoms with van der Waals surface area (Å²) < 4.78 is 5.23. The SMILES string of the molecule is OCCCC1CCCN1CC1CO1. The zero-order valence-corrected chi connectivity index (χ0v) is 8.11. The molecule has 0 aromatic heterocycles. The van der Waals surface area contributed by atoms with Gasteiger partial charge in [-0.1, -0.05) is 0 Å². The molecule has 1 N–H and O–H groups in total. The fourth-order valence-corrected chi connectivity index (χ4v) is 2.22. The minimum atomic E-state index is 0.338. The highest BCUT2D eigenvalue weighted by Crippen LogP contribution is 2.23. The summed E-state index contributed by atoms with van der Waals surface area (Å²) in [6.45, 7) is 3.65. The molecule has 2 rings (SSSR count). The number of hydrogen-bond acceptors (Lipinski definition) is 3. The van der Waals surface area contributed by atoms with E-state index in [0.717, 1.165) is 32.0 Å². The Hall–Kier alpha value is -0.120. The van der Waals surface area contributed by atoms with Crippen molar-refractivity contribution in [3.8, 4) is 0 Å². The van der Waals surface area contributed by atoms with Crippen molar-refractivity contribution in [3.63, 3.8) is 0 Å². The van der Waals surface area contributed by atoms with Gasteiger partial charge < -0.3 is 9.84 Å². The molecule has 0 radical (unpaired) electrons. The van der Waals surface area contributed by atoms with E-state index in [1.807, 2.05) is 0 Å². The van der Waals surface area contributed by atoms with E-state index >= 15 is 0 Å². The third-order valence-corrected chi connectivity index (χ3v) is 3.04. The summed E-state index contributed by atoms with van der Waals surface area (Å²) in [6, 6.07) is 0.719. The van der Waals surface area contributed by atoms with Crippen LogP contribution in [0.15, 0.2) is 0 Å². The highest BCUT2D eigenvalue weighted by molar-refractivity contribution is 4.84.